The molecule has 9 heteroatoms. The Bertz CT molecular complexity index is 1440. The maximum absolute atomic E-state index is 13.4. The number of hydrogen-bond acceptors (Lipinski definition) is 7. The molecule has 0 bridgehead atoms. The van der Waals surface area contributed by atoms with E-state index in [2.05, 4.69) is 10.5 Å². The predicted molar refractivity (Wildman–Crippen MR) is 139 cm³/mol. The van der Waals surface area contributed by atoms with Crippen LogP contribution >= 0.6 is 0 Å². The summed E-state index contributed by atoms with van der Waals surface area (Å²) >= 11 is 0. The number of hydrogen-bond donors (Lipinski definition) is 1. The Morgan fingerprint density at radius 2 is 1.51 bits per heavy atom. The normalized spacial score (nSPS) is 15.4. The highest BCUT2D eigenvalue weighted by atomic mass is 16.5. The fourth-order valence-electron chi connectivity index (χ4n) is 4.32. The van der Waals surface area contributed by atoms with Gasteiger partial charge in [0, 0.05) is 17.3 Å². The van der Waals surface area contributed by atoms with Gasteiger partial charge in [-0.15, -0.1) is 0 Å². The Kier molecular flexibility index (Phi) is 6.51. The van der Waals surface area contributed by atoms with Gasteiger partial charge in [-0.2, -0.15) is 4.98 Å². The third-order valence-corrected chi connectivity index (χ3v) is 6.25. The van der Waals surface area contributed by atoms with Gasteiger partial charge in [0.15, 0.2) is 0 Å². The second-order valence-corrected chi connectivity index (χ2v) is 8.34. The van der Waals surface area contributed by atoms with Crippen molar-refractivity contribution in [1.29, 1.82) is 0 Å². The number of nitrogens with zero attached hydrogens (tertiary/aromatic N) is 3. The van der Waals surface area contributed by atoms with Gasteiger partial charge in [-0.25, -0.2) is 4.79 Å². The summed E-state index contributed by atoms with van der Waals surface area (Å²) in [6.07, 6.45) is 0. The topological polar surface area (TPSA) is 99.0 Å². The number of benzene rings is 3. The number of allylic oxidation sites excluding steroid dienone is 1. The number of aromatic nitrogens is 2. The van der Waals surface area contributed by atoms with E-state index in [-0.39, 0.29) is 6.03 Å². The van der Waals surface area contributed by atoms with E-state index in [1.54, 1.807) is 32.3 Å². The van der Waals surface area contributed by atoms with Crippen molar-refractivity contribution in [3.8, 4) is 28.6 Å². The van der Waals surface area contributed by atoms with E-state index in [4.69, 9.17) is 23.7 Å². The van der Waals surface area contributed by atoms with Crippen LogP contribution < -0.4 is 24.4 Å². The number of rotatable bonds is 7. The largest absolute Gasteiger partial charge is 0.497 e. The number of nitrogens with one attached hydrogen (secondary N) is 1. The highest BCUT2D eigenvalue weighted by Crippen LogP contribution is 2.40. The zero-order chi connectivity index (χ0) is 25.9. The minimum absolute atomic E-state index is 0.287. The Balaban J connectivity index is 1.62. The van der Waals surface area contributed by atoms with Crippen molar-refractivity contribution in [3.63, 3.8) is 0 Å². The van der Waals surface area contributed by atoms with Gasteiger partial charge >= 0.3 is 6.03 Å². The van der Waals surface area contributed by atoms with E-state index in [0.717, 1.165) is 16.9 Å². The van der Waals surface area contributed by atoms with E-state index in [9.17, 15) is 4.79 Å². The average Bonchev–Trinajstić information content (AvgIpc) is 3.42. The molecular weight excluding hydrogens is 472 g/mol. The van der Waals surface area contributed by atoms with Crippen molar-refractivity contribution in [1.82, 2.24) is 15.5 Å². The first-order valence-corrected chi connectivity index (χ1v) is 11.6. The van der Waals surface area contributed by atoms with Gasteiger partial charge in [-0.1, -0.05) is 23.4 Å². The highest BCUT2D eigenvalue weighted by molar-refractivity contribution is 6.01. The number of carbonyl (C=O) groups excluding carboxylic acids is 1. The predicted octanol–water partition coefficient (Wildman–Crippen LogP) is 5.46. The van der Waals surface area contributed by atoms with E-state index in [1.165, 1.54) is 0 Å². The van der Waals surface area contributed by atoms with Crippen LogP contribution in [0.25, 0.3) is 17.0 Å². The van der Waals surface area contributed by atoms with Gasteiger partial charge in [-0.3, -0.25) is 4.90 Å². The monoisotopic (exact) mass is 498 g/mol. The quantitative estimate of drug-likeness (QED) is 0.361. The van der Waals surface area contributed by atoms with Crippen LogP contribution in [-0.4, -0.2) is 37.5 Å². The fourth-order valence-corrected chi connectivity index (χ4v) is 4.32. The average molecular weight is 499 g/mol. The van der Waals surface area contributed by atoms with Gasteiger partial charge in [0.25, 0.3) is 5.89 Å². The lowest BCUT2D eigenvalue weighted by Gasteiger charge is -2.35. The van der Waals surface area contributed by atoms with Gasteiger partial charge in [0.2, 0.25) is 5.82 Å². The molecule has 0 saturated carbocycles. The minimum atomic E-state index is -0.524. The van der Waals surface area contributed by atoms with Crippen LogP contribution in [0.1, 0.15) is 24.4 Å². The zero-order valence-electron chi connectivity index (χ0n) is 20.9. The maximum Gasteiger partial charge on any atom is 0.327 e. The molecule has 4 aromatic rings. The molecule has 1 unspecified atom stereocenters. The van der Waals surface area contributed by atoms with E-state index < -0.39 is 6.04 Å². The van der Waals surface area contributed by atoms with Crippen LogP contribution in [0.4, 0.5) is 10.5 Å². The number of anilines is 1. The first-order chi connectivity index (χ1) is 18.0. The van der Waals surface area contributed by atoms with Crippen LogP contribution in [-0.2, 0) is 0 Å². The summed E-state index contributed by atoms with van der Waals surface area (Å²) in [4.78, 5) is 19.7. The third-order valence-electron chi connectivity index (χ3n) is 6.25. The summed E-state index contributed by atoms with van der Waals surface area (Å²) in [6, 6.07) is 21.4. The molecule has 0 aliphatic carbocycles. The summed E-state index contributed by atoms with van der Waals surface area (Å²) in [7, 11) is 4.81. The Morgan fingerprint density at radius 1 is 0.865 bits per heavy atom. The number of methoxy groups -OCH3 is 3. The molecule has 0 saturated heterocycles. The lowest BCUT2D eigenvalue weighted by atomic mass is 9.94. The Hall–Kier alpha value is -4.79. The van der Waals surface area contributed by atoms with Crippen molar-refractivity contribution in [2.45, 2.75) is 13.0 Å². The summed E-state index contributed by atoms with van der Waals surface area (Å²) in [6.45, 7) is 1.86. The molecule has 0 spiro atoms. The molecule has 1 aliphatic rings. The third kappa shape index (κ3) is 4.58. The SMILES string of the molecule is COc1ccc(-c2noc(C3=C(C)N(c4cccc(OC)c4)C(=O)NC3c3ccc(OC)cc3)n2)cc1. The van der Waals surface area contributed by atoms with Gasteiger partial charge in [-0.05, 0) is 61.0 Å². The number of urea groups is 1. The minimum Gasteiger partial charge on any atom is -0.497 e. The van der Waals surface area contributed by atoms with Crippen molar-refractivity contribution >= 4 is 17.3 Å². The molecule has 0 fully saturated rings. The van der Waals surface area contributed by atoms with Crippen LogP contribution in [0.15, 0.2) is 83.0 Å². The van der Waals surface area contributed by atoms with Crippen LogP contribution in [0.5, 0.6) is 17.2 Å². The summed E-state index contributed by atoms with van der Waals surface area (Å²) in [5.74, 6) is 2.81. The first kappa shape index (κ1) is 23.9. The van der Waals surface area contributed by atoms with Crippen LogP contribution in [0.2, 0.25) is 0 Å². The standard InChI is InChI=1S/C28H26N4O5/c1-17-24(27-30-26(31-37-27)19-10-14-22(35-3)15-11-19)25(18-8-12-21(34-2)13-9-18)29-28(33)32(17)20-6-5-7-23(16-20)36-4/h5-16,25H,1-4H3,(H,29,33). The molecule has 1 N–H and O–H groups in total. The molecule has 5 rings (SSSR count). The molecule has 1 atom stereocenters. The van der Waals surface area contributed by atoms with Crippen molar-refractivity contribution < 1.29 is 23.5 Å². The van der Waals surface area contributed by atoms with Crippen LogP contribution in [0.3, 0.4) is 0 Å². The van der Waals surface area contributed by atoms with E-state index in [1.807, 2.05) is 73.7 Å². The van der Waals surface area contributed by atoms with Crippen molar-refractivity contribution in [3.05, 3.63) is 89.9 Å². The van der Waals surface area contributed by atoms with E-state index >= 15 is 0 Å². The highest BCUT2D eigenvalue weighted by Gasteiger charge is 2.36. The molecular formula is C28H26N4O5. The Morgan fingerprint density at radius 3 is 2.16 bits per heavy atom. The molecule has 37 heavy (non-hydrogen) atoms. The summed E-state index contributed by atoms with van der Waals surface area (Å²) in [5.41, 5.74) is 3.61. The first-order valence-electron chi connectivity index (χ1n) is 11.6. The lowest BCUT2D eigenvalue weighted by molar-refractivity contribution is 0.244. The van der Waals surface area contributed by atoms with Gasteiger partial charge in [0.05, 0.1) is 38.6 Å². The molecule has 0 radical (unpaired) electrons. The molecule has 2 heterocycles. The smallest absolute Gasteiger partial charge is 0.327 e. The second kappa shape index (κ2) is 10.1. The van der Waals surface area contributed by atoms with Crippen LogP contribution in [0, 0.1) is 0 Å². The van der Waals surface area contributed by atoms with Gasteiger partial charge in [0.1, 0.15) is 17.2 Å². The lowest BCUT2D eigenvalue weighted by Crippen LogP contribution is -2.46. The molecule has 2 amide bonds. The second-order valence-electron chi connectivity index (χ2n) is 8.34. The molecule has 188 valence electrons. The molecule has 9 nitrogen and oxygen atoms in total. The summed E-state index contributed by atoms with van der Waals surface area (Å²) < 4.78 is 21.7. The van der Waals surface area contributed by atoms with Gasteiger partial charge < -0.3 is 24.1 Å². The molecule has 3 aromatic carbocycles. The zero-order valence-corrected chi connectivity index (χ0v) is 20.9. The Labute approximate surface area is 214 Å². The number of carbonyl (C=O) groups is 1. The number of amides is 2. The fraction of sp³-hybridized carbons (Fsp3) is 0.179. The molecule has 1 aromatic heterocycles. The van der Waals surface area contributed by atoms with Crippen molar-refractivity contribution in [2.24, 2.45) is 0 Å². The van der Waals surface area contributed by atoms with Crippen molar-refractivity contribution in [2.75, 3.05) is 26.2 Å². The summed E-state index contributed by atoms with van der Waals surface area (Å²) in [5, 5.41) is 7.32. The van der Waals surface area contributed by atoms with E-state index in [0.29, 0.717) is 40.2 Å². The number of ether oxygens (including phenoxy) is 3. The maximum atomic E-state index is 13.4. The molecule has 1 aliphatic heterocycles.